The standard InChI is InChI=1S/C13H14N2O.C4H4O4/c1-10-12(15-9-14-10)7-8-13(16)11-5-3-2-4-6-11;5-3(6)1-2-4(7)8/h2-6,9H,7-8H2,1H3,(H,14,15);1-2H,(H,5,6)(H,7,8)/b;2-1-. The molecule has 7 heteroatoms. The highest BCUT2D eigenvalue weighted by Gasteiger charge is 2.07. The van der Waals surface area contributed by atoms with Gasteiger partial charge in [-0.05, 0) is 13.3 Å². The van der Waals surface area contributed by atoms with E-state index in [-0.39, 0.29) is 5.78 Å². The Balaban J connectivity index is 0.000000307. The lowest BCUT2D eigenvalue weighted by Crippen LogP contribution is -2.01. The maximum Gasteiger partial charge on any atom is 0.328 e. The van der Waals surface area contributed by atoms with Gasteiger partial charge in [0.1, 0.15) is 0 Å². The number of rotatable bonds is 6. The molecule has 0 bridgehead atoms. The number of aryl methyl sites for hydroxylation is 2. The fourth-order valence-corrected chi connectivity index (χ4v) is 1.78. The molecule has 0 fully saturated rings. The van der Waals surface area contributed by atoms with Crippen LogP contribution in [0.1, 0.15) is 28.2 Å². The van der Waals surface area contributed by atoms with Crippen molar-refractivity contribution in [2.45, 2.75) is 19.8 Å². The molecule has 126 valence electrons. The van der Waals surface area contributed by atoms with Gasteiger partial charge in [-0.15, -0.1) is 0 Å². The van der Waals surface area contributed by atoms with Crippen LogP contribution in [0, 0.1) is 6.92 Å². The van der Waals surface area contributed by atoms with E-state index in [1.54, 1.807) is 6.33 Å². The smallest absolute Gasteiger partial charge is 0.328 e. The summed E-state index contributed by atoms with van der Waals surface area (Å²) in [6.07, 6.45) is 3.99. The average Bonchev–Trinajstić information content (AvgIpc) is 2.97. The van der Waals surface area contributed by atoms with E-state index < -0.39 is 11.9 Å². The molecule has 1 heterocycles. The molecular weight excluding hydrogens is 312 g/mol. The summed E-state index contributed by atoms with van der Waals surface area (Å²) in [7, 11) is 0. The van der Waals surface area contributed by atoms with E-state index in [0.717, 1.165) is 17.0 Å². The molecule has 1 aromatic carbocycles. The van der Waals surface area contributed by atoms with Crippen molar-refractivity contribution in [1.29, 1.82) is 0 Å². The molecule has 1 aromatic heterocycles. The Hall–Kier alpha value is -3.22. The second-order valence-corrected chi connectivity index (χ2v) is 4.77. The van der Waals surface area contributed by atoms with Crippen LogP contribution in [0.2, 0.25) is 0 Å². The number of hydrogen-bond donors (Lipinski definition) is 3. The van der Waals surface area contributed by atoms with Crippen molar-refractivity contribution in [2.75, 3.05) is 0 Å². The molecule has 3 N–H and O–H groups in total. The number of nitrogens with zero attached hydrogens (tertiary/aromatic N) is 1. The first kappa shape index (κ1) is 18.8. The Labute approximate surface area is 138 Å². The molecule has 0 saturated heterocycles. The lowest BCUT2D eigenvalue weighted by atomic mass is 10.1. The monoisotopic (exact) mass is 330 g/mol. The van der Waals surface area contributed by atoms with Crippen molar-refractivity contribution in [1.82, 2.24) is 9.97 Å². The maximum absolute atomic E-state index is 11.8. The van der Waals surface area contributed by atoms with Crippen LogP contribution in [-0.2, 0) is 16.0 Å². The van der Waals surface area contributed by atoms with Gasteiger partial charge < -0.3 is 15.2 Å². The van der Waals surface area contributed by atoms with Gasteiger partial charge in [0.2, 0.25) is 0 Å². The van der Waals surface area contributed by atoms with Crippen LogP contribution in [0.15, 0.2) is 48.8 Å². The van der Waals surface area contributed by atoms with E-state index >= 15 is 0 Å². The van der Waals surface area contributed by atoms with Crippen LogP contribution < -0.4 is 0 Å². The number of benzene rings is 1. The zero-order valence-electron chi connectivity index (χ0n) is 13.1. The minimum atomic E-state index is -1.26. The first-order valence-electron chi connectivity index (χ1n) is 7.11. The largest absolute Gasteiger partial charge is 0.478 e. The van der Waals surface area contributed by atoms with Gasteiger partial charge in [-0.3, -0.25) is 4.79 Å². The minimum Gasteiger partial charge on any atom is -0.478 e. The Morgan fingerprint density at radius 3 is 2.12 bits per heavy atom. The van der Waals surface area contributed by atoms with Gasteiger partial charge in [0.25, 0.3) is 0 Å². The highest BCUT2D eigenvalue weighted by Crippen LogP contribution is 2.08. The molecule has 0 aliphatic heterocycles. The summed E-state index contributed by atoms with van der Waals surface area (Å²) < 4.78 is 0. The number of aliphatic carboxylic acids is 2. The Bertz CT molecular complexity index is 704. The van der Waals surface area contributed by atoms with E-state index in [2.05, 4.69) is 9.97 Å². The molecule has 0 aliphatic carbocycles. The zero-order chi connectivity index (χ0) is 17.9. The maximum atomic E-state index is 11.8. The molecule has 0 radical (unpaired) electrons. The van der Waals surface area contributed by atoms with Crippen LogP contribution in [0.3, 0.4) is 0 Å². The van der Waals surface area contributed by atoms with Gasteiger partial charge >= 0.3 is 11.9 Å². The van der Waals surface area contributed by atoms with Gasteiger partial charge in [-0.1, -0.05) is 30.3 Å². The topological polar surface area (TPSA) is 120 Å². The lowest BCUT2D eigenvalue weighted by molar-refractivity contribution is -0.134. The summed E-state index contributed by atoms with van der Waals surface area (Å²) in [5.74, 6) is -2.34. The third-order valence-corrected chi connectivity index (χ3v) is 2.99. The lowest BCUT2D eigenvalue weighted by Gasteiger charge is -2.00. The molecule has 0 atom stereocenters. The molecule has 24 heavy (non-hydrogen) atoms. The summed E-state index contributed by atoms with van der Waals surface area (Å²) in [6, 6.07) is 9.37. The number of carboxylic acid groups (broad SMARTS) is 2. The number of H-pyrrole nitrogens is 1. The number of carbonyl (C=O) groups is 3. The molecule has 0 aliphatic rings. The normalized spacial score (nSPS) is 10.0. The Morgan fingerprint density at radius 1 is 1.08 bits per heavy atom. The van der Waals surface area contributed by atoms with Crippen LogP contribution in [0.4, 0.5) is 0 Å². The molecular formula is C17H18N2O5. The summed E-state index contributed by atoms with van der Waals surface area (Å²) >= 11 is 0. The molecule has 2 rings (SSSR count). The number of ketones is 1. The van der Waals surface area contributed by atoms with Crippen LogP contribution >= 0.6 is 0 Å². The third kappa shape index (κ3) is 7.17. The Morgan fingerprint density at radius 2 is 1.67 bits per heavy atom. The number of Topliss-reactive ketones (excluding diaryl/α,β-unsaturated/α-hetero) is 1. The molecule has 7 nitrogen and oxygen atoms in total. The molecule has 0 saturated carbocycles. The van der Waals surface area contributed by atoms with Gasteiger partial charge in [-0.2, -0.15) is 0 Å². The van der Waals surface area contributed by atoms with Crippen molar-refractivity contribution in [3.05, 3.63) is 65.8 Å². The predicted molar refractivity (Wildman–Crippen MR) is 86.8 cm³/mol. The summed E-state index contributed by atoms with van der Waals surface area (Å²) in [4.78, 5) is 38.1. The highest BCUT2D eigenvalue weighted by atomic mass is 16.4. The number of nitrogens with one attached hydrogen (secondary N) is 1. The number of hydrogen-bond acceptors (Lipinski definition) is 4. The molecule has 0 spiro atoms. The minimum absolute atomic E-state index is 0.169. The van der Waals surface area contributed by atoms with E-state index in [1.165, 1.54) is 0 Å². The second-order valence-electron chi connectivity index (χ2n) is 4.77. The van der Waals surface area contributed by atoms with Crippen molar-refractivity contribution in [3.63, 3.8) is 0 Å². The van der Waals surface area contributed by atoms with E-state index in [9.17, 15) is 14.4 Å². The van der Waals surface area contributed by atoms with Gasteiger partial charge in [0.15, 0.2) is 5.78 Å². The van der Waals surface area contributed by atoms with E-state index in [4.69, 9.17) is 10.2 Å². The number of carboxylic acids is 2. The quantitative estimate of drug-likeness (QED) is 0.552. The Kier molecular flexibility index (Phi) is 7.63. The van der Waals surface area contributed by atoms with Crippen molar-refractivity contribution in [3.8, 4) is 0 Å². The number of aromatic nitrogens is 2. The summed E-state index contributed by atoms with van der Waals surface area (Å²) in [6.45, 7) is 1.97. The van der Waals surface area contributed by atoms with Crippen molar-refractivity contribution in [2.24, 2.45) is 0 Å². The van der Waals surface area contributed by atoms with Crippen LogP contribution in [0.25, 0.3) is 0 Å². The van der Waals surface area contributed by atoms with Gasteiger partial charge in [0.05, 0.1) is 12.0 Å². The molecule has 0 unspecified atom stereocenters. The average molecular weight is 330 g/mol. The van der Waals surface area contributed by atoms with E-state index in [0.29, 0.717) is 25.0 Å². The van der Waals surface area contributed by atoms with Gasteiger partial charge in [-0.25, -0.2) is 14.6 Å². The third-order valence-electron chi connectivity index (χ3n) is 2.99. The number of imidazole rings is 1. The van der Waals surface area contributed by atoms with Crippen LogP contribution in [-0.4, -0.2) is 37.9 Å². The second kappa shape index (κ2) is 9.73. The number of aromatic amines is 1. The van der Waals surface area contributed by atoms with Gasteiger partial charge in [0, 0.05) is 29.8 Å². The zero-order valence-corrected chi connectivity index (χ0v) is 13.1. The van der Waals surface area contributed by atoms with Crippen molar-refractivity contribution >= 4 is 17.7 Å². The highest BCUT2D eigenvalue weighted by molar-refractivity contribution is 5.96. The fourth-order valence-electron chi connectivity index (χ4n) is 1.78. The molecule has 0 amide bonds. The first-order valence-corrected chi connectivity index (χ1v) is 7.11. The summed E-state index contributed by atoms with van der Waals surface area (Å²) in [5, 5.41) is 15.6. The van der Waals surface area contributed by atoms with E-state index in [1.807, 2.05) is 37.3 Å². The van der Waals surface area contributed by atoms with Crippen molar-refractivity contribution < 1.29 is 24.6 Å². The molecule has 2 aromatic rings. The first-order chi connectivity index (χ1) is 11.4. The predicted octanol–water partition coefficient (Wildman–Crippen LogP) is 2.25. The fraction of sp³-hybridized carbons (Fsp3) is 0.176. The van der Waals surface area contributed by atoms with Crippen LogP contribution in [0.5, 0.6) is 0 Å². The SMILES string of the molecule is Cc1[nH]cnc1CCC(=O)c1ccccc1.O=C(O)/C=C\C(=O)O. The number of carbonyl (C=O) groups excluding carboxylic acids is 1. The summed E-state index contributed by atoms with van der Waals surface area (Å²) in [5.41, 5.74) is 2.79.